The van der Waals surface area contributed by atoms with Gasteiger partial charge >= 0.3 is 17.9 Å². The summed E-state index contributed by atoms with van der Waals surface area (Å²) >= 11 is 0. The third-order valence-electron chi connectivity index (χ3n) is 12.3. The molecule has 0 amide bonds. The summed E-state index contributed by atoms with van der Waals surface area (Å²) in [5, 5.41) is 0. The van der Waals surface area contributed by atoms with Crippen LogP contribution in [0.2, 0.25) is 0 Å². The van der Waals surface area contributed by atoms with Gasteiger partial charge in [-0.1, -0.05) is 283 Å². The summed E-state index contributed by atoms with van der Waals surface area (Å²) < 4.78 is 16.9. The highest BCUT2D eigenvalue weighted by Gasteiger charge is 2.19. The van der Waals surface area contributed by atoms with E-state index in [0.717, 1.165) is 109 Å². The van der Waals surface area contributed by atoms with Crippen LogP contribution >= 0.6 is 0 Å². The lowest BCUT2D eigenvalue weighted by molar-refractivity contribution is -0.167. The first-order valence-corrected chi connectivity index (χ1v) is 29.8. The number of ether oxygens (including phenoxy) is 3. The smallest absolute Gasteiger partial charge is 0.306 e. The summed E-state index contributed by atoms with van der Waals surface area (Å²) in [6.07, 6.45) is 84.3. The SMILES string of the molecule is CCC\C=C/C=C\C=C/C=C\C=C/CCCCCCCC(=O)OCC(COC(=O)CCCCCCCCC/C=C\CCCCCCCCCC)OC(=O)CCCCCCC\C=C/C=C\C=C/C=C\C=C/CCC. The summed E-state index contributed by atoms with van der Waals surface area (Å²) in [7, 11) is 0. The quantitative estimate of drug-likeness (QED) is 0.0199. The Morgan fingerprint density at radius 3 is 0.863 bits per heavy atom. The maximum absolute atomic E-state index is 12.9. The first kappa shape index (κ1) is 68.6. The van der Waals surface area contributed by atoms with Gasteiger partial charge in [0.05, 0.1) is 0 Å². The van der Waals surface area contributed by atoms with Gasteiger partial charge in [0.1, 0.15) is 13.2 Å². The van der Waals surface area contributed by atoms with Crippen LogP contribution in [0.5, 0.6) is 0 Å². The van der Waals surface area contributed by atoms with E-state index in [0.29, 0.717) is 12.8 Å². The Morgan fingerprint density at radius 1 is 0.274 bits per heavy atom. The Balaban J connectivity index is 4.52. The highest BCUT2D eigenvalue weighted by atomic mass is 16.6. The van der Waals surface area contributed by atoms with Crippen LogP contribution in [0.3, 0.4) is 0 Å². The van der Waals surface area contributed by atoms with E-state index in [9.17, 15) is 14.4 Å². The van der Waals surface area contributed by atoms with Gasteiger partial charge in [0.15, 0.2) is 6.10 Å². The van der Waals surface area contributed by atoms with Crippen LogP contribution in [0.4, 0.5) is 0 Å². The van der Waals surface area contributed by atoms with E-state index in [-0.39, 0.29) is 37.5 Å². The van der Waals surface area contributed by atoms with Crippen molar-refractivity contribution in [2.75, 3.05) is 13.2 Å². The minimum absolute atomic E-state index is 0.104. The molecule has 0 aliphatic rings. The molecule has 0 spiro atoms. The van der Waals surface area contributed by atoms with Gasteiger partial charge in [-0.05, 0) is 83.5 Å². The van der Waals surface area contributed by atoms with Crippen LogP contribution in [0.25, 0.3) is 0 Å². The van der Waals surface area contributed by atoms with Crippen molar-refractivity contribution < 1.29 is 28.6 Å². The lowest BCUT2D eigenvalue weighted by Gasteiger charge is -2.18. The number of carbonyl (C=O) groups is 3. The van der Waals surface area contributed by atoms with Crippen molar-refractivity contribution >= 4 is 17.9 Å². The van der Waals surface area contributed by atoms with Gasteiger partial charge in [-0.15, -0.1) is 0 Å². The van der Waals surface area contributed by atoms with Gasteiger partial charge in [0, 0.05) is 19.3 Å². The summed E-state index contributed by atoms with van der Waals surface area (Å²) in [6.45, 7) is 6.42. The van der Waals surface area contributed by atoms with Gasteiger partial charge in [0.2, 0.25) is 0 Å². The third-order valence-corrected chi connectivity index (χ3v) is 12.3. The lowest BCUT2D eigenvalue weighted by Crippen LogP contribution is -2.30. The molecule has 0 bridgehead atoms. The van der Waals surface area contributed by atoms with E-state index in [1.807, 2.05) is 48.6 Å². The molecule has 0 saturated heterocycles. The molecular formula is C67H108O6. The predicted octanol–water partition coefficient (Wildman–Crippen LogP) is 20.2. The van der Waals surface area contributed by atoms with E-state index in [1.54, 1.807) is 0 Å². The molecule has 412 valence electrons. The van der Waals surface area contributed by atoms with Crippen LogP contribution in [0.1, 0.15) is 252 Å². The number of unbranched alkanes of at least 4 members (excludes halogenated alkanes) is 27. The second-order valence-corrected chi connectivity index (χ2v) is 19.4. The fourth-order valence-electron chi connectivity index (χ4n) is 7.85. The van der Waals surface area contributed by atoms with E-state index < -0.39 is 6.10 Å². The highest BCUT2D eigenvalue weighted by molar-refractivity contribution is 5.71. The zero-order valence-electron chi connectivity index (χ0n) is 47.1. The number of carbonyl (C=O) groups excluding carboxylic acids is 3. The fourth-order valence-corrected chi connectivity index (χ4v) is 7.85. The number of rotatable bonds is 52. The molecule has 6 nitrogen and oxygen atoms in total. The Hall–Kier alpha value is -4.45. The third kappa shape index (κ3) is 58.3. The van der Waals surface area contributed by atoms with Crippen LogP contribution < -0.4 is 0 Å². The minimum Gasteiger partial charge on any atom is -0.462 e. The van der Waals surface area contributed by atoms with E-state index >= 15 is 0 Å². The van der Waals surface area contributed by atoms with E-state index in [2.05, 4.69) is 106 Å². The summed E-state index contributed by atoms with van der Waals surface area (Å²) in [6, 6.07) is 0. The summed E-state index contributed by atoms with van der Waals surface area (Å²) in [5.74, 6) is -0.960. The van der Waals surface area contributed by atoms with Crippen LogP contribution in [-0.4, -0.2) is 37.2 Å². The zero-order chi connectivity index (χ0) is 52.9. The molecule has 0 aliphatic carbocycles. The molecule has 0 fully saturated rings. The average Bonchev–Trinajstić information content (AvgIpc) is 3.39. The van der Waals surface area contributed by atoms with Crippen molar-refractivity contribution in [1.82, 2.24) is 0 Å². The fraction of sp³-hybridized carbons (Fsp3) is 0.627. The van der Waals surface area contributed by atoms with Crippen molar-refractivity contribution in [2.24, 2.45) is 0 Å². The van der Waals surface area contributed by atoms with Crippen molar-refractivity contribution in [3.63, 3.8) is 0 Å². The minimum atomic E-state index is -0.811. The number of allylic oxidation sites excluding steroid dienone is 22. The second kappa shape index (κ2) is 60.1. The van der Waals surface area contributed by atoms with Crippen molar-refractivity contribution in [1.29, 1.82) is 0 Å². The molecule has 0 aromatic heterocycles. The van der Waals surface area contributed by atoms with Crippen LogP contribution in [0.15, 0.2) is 134 Å². The van der Waals surface area contributed by atoms with Gasteiger partial charge in [0.25, 0.3) is 0 Å². The Labute approximate surface area is 449 Å². The first-order valence-electron chi connectivity index (χ1n) is 29.8. The summed E-state index contributed by atoms with van der Waals surface area (Å²) in [5.41, 5.74) is 0. The van der Waals surface area contributed by atoms with E-state index in [4.69, 9.17) is 14.2 Å². The lowest BCUT2D eigenvalue weighted by atomic mass is 10.1. The topological polar surface area (TPSA) is 78.9 Å². The molecule has 0 aliphatic heterocycles. The Bertz CT molecular complexity index is 1580. The highest BCUT2D eigenvalue weighted by Crippen LogP contribution is 2.15. The first-order chi connectivity index (χ1) is 36.0. The van der Waals surface area contributed by atoms with Crippen molar-refractivity contribution in [3.05, 3.63) is 134 Å². The Kier molecular flexibility index (Phi) is 56.4. The van der Waals surface area contributed by atoms with Crippen LogP contribution in [0, 0.1) is 0 Å². The van der Waals surface area contributed by atoms with Gasteiger partial charge in [-0.3, -0.25) is 14.4 Å². The molecule has 0 heterocycles. The van der Waals surface area contributed by atoms with E-state index in [1.165, 1.54) is 103 Å². The van der Waals surface area contributed by atoms with Gasteiger partial charge in [-0.25, -0.2) is 0 Å². The molecule has 73 heavy (non-hydrogen) atoms. The van der Waals surface area contributed by atoms with Crippen molar-refractivity contribution in [2.45, 2.75) is 258 Å². The molecule has 1 atom stereocenters. The normalized spacial score (nSPS) is 13.1. The molecular weight excluding hydrogens is 901 g/mol. The molecule has 0 N–H and O–H groups in total. The van der Waals surface area contributed by atoms with Crippen LogP contribution in [-0.2, 0) is 28.6 Å². The Morgan fingerprint density at radius 2 is 0.534 bits per heavy atom. The largest absolute Gasteiger partial charge is 0.462 e. The molecule has 0 saturated carbocycles. The maximum atomic E-state index is 12.9. The predicted molar refractivity (Wildman–Crippen MR) is 316 cm³/mol. The standard InChI is InChI=1S/C67H108O6/c1-4-7-10-13-16-19-22-25-28-31-34-37-39-42-45-48-51-54-57-60-66(69)72-63-64(73-67(70)61-58-55-52-49-46-43-40-36-33-30-27-24-21-18-15-12-9-6-3)62-71-65(68)59-56-53-50-47-44-41-38-35-32-29-26-23-20-17-14-11-8-5-2/h11-12,14-15,17-18,20-21,23-24,26-27,29-36,38,40,64H,4-10,13,16,19,22,25,28,37,39,41-63H2,1-3H3/b14-11-,15-12-,20-17-,21-18-,26-23-,27-24-,32-29-,33-30-,34-31-,38-35-,40-36-. The molecule has 0 radical (unpaired) electrons. The molecule has 1 unspecified atom stereocenters. The number of esters is 3. The maximum Gasteiger partial charge on any atom is 0.306 e. The molecule has 0 aromatic rings. The van der Waals surface area contributed by atoms with Crippen molar-refractivity contribution in [3.8, 4) is 0 Å². The average molecular weight is 1010 g/mol. The molecule has 0 aromatic carbocycles. The molecule has 0 rings (SSSR count). The van der Waals surface area contributed by atoms with Gasteiger partial charge < -0.3 is 14.2 Å². The zero-order valence-corrected chi connectivity index (χ0v) is 47.1. The number of hydrogen-bond acceptors (Lipinski definition) is 6. The number of hydrogen-bond donors (Lipinski definition) is 0. The monoisotopic (exact) mass is 1010 g/mol. The molecule has 6 heteroatoms. The second-order valence-electron chi connectivity index (χ2n) is 19.4. The van der Waals surface area contributed by atoms with Gasteiger partial charge in [-0.2, -0.15) is 0 Å². The summed E-state index contributed by atoms with van der Waals surface area (Å²) in [4.78, 5) is 38.3.